The minimum absolute atomic E-state index is 0.201. The second kappa shape index (κ2) is 6.25. The van der Waals surface area contributed by atoms with Crippen LogP contribution in [0, 0.1) is 0 Å². The lowest BCUT2D eigenvalue weighted by molar-refractivity contribution is -0.137. The molecule has 1 N–H and O–H groups in total. The van der Waals surface area contributed by atoms with Crippen molar-refractivity contribution >= 4 is 5.97 Å². The van der Waals surface area contributed by atoms with Gasteiger partial charge in [-0.3, -0.25) is 4.79 Å². The highest BCUT2D eigenvalue weighted by Crippen LogP contribution is 2.15. The molecule has 90 valence electrons. The van der Waals surface area contributed by atoms with Crippen LogP contribution < -0.4 is 0 Å². The fourth-order valence-corrected chi connectivity index (χ4v) is 1.30. The Morgan fingerprint density at radius 1 is 1.50 bits per heavy atom. The van der Waals surface area contributed by atoms with E-state index < -0.39 is 5.97 Å². The molecule has 1 unspecified atom stereocenters. The smallest absolute Gasteiger partial charge is 0.303 e. The van der Waals surface area contributed by atoms with Gasteiger partial charge >= 0.3 is 5.97 Å². The van der Waals surface area contributed by atoms with E-state index in [4.69, 9.17) is 9.63 Å². The zero-order valence-corrected chi connectivity index (χ0v) is 9.77. The SMILES string of the molecule is CCC(C)c1noc(CCCCC(=O)O)n1. The van der Waals surface area contributed by atoms with Gasteiger partial charge in [0.15, 0.2) is 5.82 Å². The van der Waals surface area contributed by atoms with Crippen molar-refractivity contribution in [3.63, 3.8) is 0 Å². The topological polar surface area (TPSA) is 76.2 Å². The van der Waals surface area contributed by atoms with Gasteiger partial charge in [-0.1, -0.05) is 19.0 Å². The molecule has 16 heavy (non-hydrogen) atoms. The van der Waals surface area contributed by atoms with Gasteiger partial charge in [-0.2, -0.15) is 4.98 Å². The molecule has 1 aromatic heterocycles. The second-order valence-corrected chi connectivity index (χ2v) is 3.96. The lowest BCUT2D eigenvalue weighted by Gasteiger charge is -1.98. The Hall–Kier alpha value is -1.39. The van der Waals surface area contributed by atoms with Crippen molar-refractivity contribution in [1.82, 2.24) is 10.1 Å². The molecule has 0 saturated carbocycles. The second-order valence-electron chi connectivity index (χ2n) is 3.96. The summed E-state index contributed by atoms with van der Waals surface area (Å²) in [6.07, 6.45) is 3.27. The molecular formula is C11H18N2O3. The van der Waals surface area contributed by atoms with Gasteiger partial charge in [-0.25, -0.2) is 0 Å². The Labute approximate surface area is 94.9 Å². The van der Waals surface area contributed by atoms with Crippen LogP contribution in [-0.2, 0) is 11.2 Å². The molecule has 1 rings (SSSR count). The largest absolute Gasteiger partial charge is 0.481 e. The number of rotatable bonds is 7. The molecule has 0 radical (unpaired) electrons. The van der Waals surface area contributed by atoms with Crippen LogP contribution in [0.5, 0.6) is 0 Å². The summed E-state index contributed by atoms with van der Waals surface area (Å²) in [4.78, 5) is 14.6. The Balaban J connectivity index is 2.32. The van der Waals surface area contributed by atoms with E-state index in [0.717, 1.165) is 18.7 Å². The van der Waals surface area contributed by atoms with Crippen LogP contribution in [0.4, 0.5) is 0 Å². The van der Waals surface area contributed by atoms with Gasteiger partial charge in [0.25, 0.3) is 0 Å². The number of carbonyl (C=O) groups is 1. The predicted molar refractivity (Wildman–Crippen MR) is 58.2 cm³/mol. The van der Waals surface area contributed by atoms with Crippen LogP contribution in [0.3, 0.4) is 0 Å². The molecule has 1 aromatic rings. The first-order valence-corrected chi connectivity index (χ1v) is 5.67. The minimum atomic E-state index is -0.758. The third-order valence-corrected chi connectivity index (χ3v) is 2.57. The number of unbranched alkanes of at least 4 members (excludes halogenated alkanes) is 1. The van der Waals surface area contributed by atoms with Gasteiger partial charge in [-0.05, 0) is 19.3 Å². The van der Waals surface area contributed by atoms with Crippen LogP contribution in [0.1, 0.15) is 57.2 Å². The molecule has 0 aliphatic carbocycles. The first kappa shape index (κ1) is 12.7. The van der Waals surface area contributed by atoms with Gasteiger partial charge in [0, 0.05) is 18.8 Å². The Bertz CT molecular complexity index is 336. The van der Waals surface area contributed by atoms with Gasteiger partial charge in [0.1, 0.15) is 0 Å². The highest BCUT2D eigenvalue weighted by molar-refractivity contribution is 5.66. The van der Waals surface area contributed by atoms with Gasteiger partial charge < -0.3 is 9.63 Å². The fraction of sp³-hybridized carbons (Fsp3) is 0.727. The number of carboxylic acids is 1. The molecule has 0 spiro atoms. The van der Waals surface area contributed by atoms with E-state index in [1.54, 1.807) is 0 Å². The summed E-state index contributed by atoms with van der Waals surface area (Å²) in [5, 5.41) is 12.4. The molecule has 0 aromatic carbocycles. The molecule has 0 saturated heterocycles. The highest BCUT2D eigenvalue weighted by atomic mass is 16.5. The van der Waals surface area contributed by atoms with E-state index in [9.17, 15) is 4.79 Å². The van der Waals surface area contributed by atoms with E-state index in [0.29, 0.717) is 24.7 Å². The third-order valence-electron chi connectivity index (χ3n) is 2.57. The molecule has 5 heteroatoms. The summed E-state index contributed by atoms with van der Waals surface area (Å²) in [6.45, 7) is 4.13. The van der Waals surface area contributed by atoms with Crippen molar-refractivity contribution in [2.75, 3.05) is 0 Å². The van der Waals surface area contributed by atoms with Crippen molar-refractivity contribution in [3.05, 3.63) is 11.7 Å². The first-order valence-electron chi connectivity index (χ1n) is 5.67. The number of aliphatic carboxylic acids is 1. The monoisotopic (exact) mass is 226 g/mol. The molecular weight excluding hydrogens is 208 g/mol. The number of nitrogens with zero attached hydrogens (tertiary/aromatic N) is 2. The lowest BCUT2D eigenvalue weighted by Crippen LogP contribution is -1.96. The number of aromatic nitrogens is 2. The third kappa shape index (κ3) is 4.00. The van der Waals surface area contributed by atoms with Gasteiger partial charge in [0.05, 0.1) is 0 Å². The summed E-state index contributed by atoms with van der Waals surface area (Å²) in [6, 6.07) is 0. The predicted octanol–water partition coefficient (Wildman–Crippen LogP) is 2.38. The maximum atomic E-state index is 10.3. The number of hydrogen-bond donors (Lipinski definition) is 1. The van der Waals surface area contributed by atoms with Crippen LogP contribution in [0.25, 0.3) is 0 Å². The zero-order chi connectivity index (χ0) is 12.0. The molecule has 0 aliphatic rings. The maximum absolute atomic E-state index is 10.3. The molecule has 1 heterocycles. The van der Waals surface area contributed by atoms with Crippen LogP contribution in [0.15, 0.2) is 4.52 Å². The van der Waals surface area contributed by atoms with Crippen LogP contribution in [-0.4, -0.2) is 21.2 Å². The average Bonchev–Trinajstić information content (AvgIpc) is 2.71. The Morgan fingerprint density at radius 2 is 2.25 bits per heavy atom. The van der Waals surface area contributed by atoms with Crippen molar-refractivity contribution in [2.45, 2.75) is 51.9 Å². The Morgan fingerprint density at radius 3 is 2.88 bits per heavy atom. The number of aryl methyl sites for hydroxylation is 1. The van der Waals surface area contributed by atoms with Gasteiger partial charge in [0.2, 0.25) is 5.89 Å². The zero-order valence-electron chi connectivity index (χ0n) is 9.77. The summed E-state index contributed by atoms with van der Waals surface area (Å²) in [7, 11) is 0. The number of carboxylic acid groups (broad SMARTS) is 1. The van der Waals surface area contributed by atoms with E-state index in [1.165, 1.54) is 0 Å². The quantitative estimate of drug-likeness (QED) is 0.722. The lowest BCUT2D eigenvalue weighted by atomic mass is 10.1. The number of hydrogen-bond acceptors (Lipinski definition) is 4. The van der Waals surface area contributed by atoms with E-state index in [-0.39, 0.29) is 6.42 Å². The fourth-order valence-electron chi connectivity index (χ4n) is 1.30. The van der Waals surface area contributed by atoms with Crippen molar-refractivity contribution in [3.8, 4) is 0 Å². The Kier molecular flexibility index (Phi) is 4.95. The maximum Gasteiger partial charge on any atom is 0.303 e. The molecule has 5 nitrogen and oxygen atoms in total. The summed E-state index contributed by atoms with van der Waals surface area (Å²) < 4.78 is 5.09. The molecule has 0 amide bonds. The van der Waals surface area contributed by atoms with Crippen molar-refractivity contribution in [1.29, 1.82) is 0 Å². The van der Waals surface area contributed by atoms with Crippen LogP contribution in [0.2, 0.25) is 0 Å². The standard InChI is InChI=1S/C11H18N2O3/c1-3-8(2)11-12-9(16-13-11)6-4-5-7-10(14)15/h8H,3-7H2,1-2H3,(H,14,15). The normalized spacial score (nSPS) is 12.6. The van der Waals surface area contributed by atoms with Crippen molar-refractivity contribution < 1.29 is 14.4 Å². The first-order chi connectivity index (χ1) is 7.63. The van der Waals surface area contributed by atoms with Crippen LogP contribution >= 0.6 is 0 Å². The molecule has 0 bridgehead atoms. The molecule has 0 aliphatic heterocycles. The van der Waals surface area contributed by atoms with E-state index in [1.807, 2.05) is 0 Å². The van der Waals surface area contributed by atoms with Gasteiger partial charge in [-0.15, -0.1) is 0 Å². The molecule has 1 atom stereocenters. The summed E-state index contributed by atoms with van der Waals surface area (Å²) in [5.74, 6) is 0.916. The highest BCUT2D eigenvalue weighted by Gasteiger charge is 2.11. The van der Waals surface area contributed by atoms with E-state index >= 15 is 0 Å². The molecule has 0 fully saturated rings. The van der Waals surface area contributed by atoms with Crippen molar-refractivity contribution in [2.24, 2.45) is 0 Å². The minimum Gasteiger partial charge on any atom is -0.481 e. The average molecular weight is 226 g/mol. The van der Waals surface area contributed by atoms with E-state index in [2.05, 4.69) is 24.0 Å². The summed E-state index contributed by atoms with van der Waals surface area (Å²) in [5.41, 5.74) is 0. The summed E-state index contributed by atoms with van der Waals surface area (Å²) >= 11 is 0.